The van der Waals surface area contributed by atoms with Crippen LogP contribution in [0.15, 0.2) is 62.1 Å². The lowest BCUT2D eigenvalue weighted by molar-refractivity contribution is 0.311. The molecule has 8 nitrogen and oxygen atoms in total. The number of aromatic nitrogens is 3. The molecule has 170 valence electrons. The second-order valence-electron chi connectivity index (χ2n) is 7.68. The van der Waals surface area contributed by atoms with Gasteiger partial charge in [-0.05, 0) is 55.2 Å². The number of benzene rings is 1. The van der Waals surface area contributed by atoms with E-state index in [0.717, 1.165) is 42.4 Å². The molecule has 33 heavy (non-hydrogen) atoms. The van der Waals surface area contributed by atoms with Crippen LogP contribution in [0.3, 0.4) is 0 Å². The Hall–Kier alpha value is -2.59. The van der Waals surface area contributed by atoms with E-state index in [9.17, 15) is 0 Å². The summed E-state index contributed by atoms with van der Waals surface area (Å²) in [6, 6.07) is 9.25. The number of anilines is 2. The standard InChI is InChI=1S/C22H21Cl2N7OS/c1-30-6-8-31(9-7-30)21-27-20(26-19-11-14(13-25-19)18-3-2-10-32-18)28-22(29-21)33-15-4-5-16(23)17(24)12-15/h2-5,10-12H,6-9,13H2,1H3,(H,25,26,27,28,29). The van der Waals surface area contributed by atoms with Gasteiger partial charge in [0.15, 0.2) is 5.16 Å². The molecule has 1 aromatic carbocycles. The van der Waals surface area contributed by atoms with Crippen LogP contribution in [0.5, 0.6) is 0 Å². The Bertz CT molecular complexity index is 1210. The van der Waals surface area contributed by atoms with Gasteiger partial charge in [-0.15, -0.1) is 0 Å². The van der Waals surface area contributed by atoms with Crippen molar-refractivity contribution in [2.75, 3.05) is 50.0 Å². The van der Waals surface area contributed by atoms with Crippen molar-refractivity contribution in [1.29, 1.82) is 0 Å². The van der Waals surface area contributed by atoms with E-state index in [1.54, 1.807) is 18.4 Å². The lowest BCUT2D eigenvalue weighted by atomic mass is 10.2. The highest BCUT2D eigenvalue weighted by Gasteiger charge is 2.20. The monoisotopic (exact) mass is 501 g/mol. The van der Waals surface area contributed by atoms with E-state index in [4.69, 9.17) is 32.6 Å². The summed E-state index contributed by atoms with van der Waals surface area (Å²) < 4.78 is 5.48. The molecule has 1 fully saturated rings. The molecule has 11 heteroatoms. The zero-order valence-corrected chi connectivity index (χ0v) is 20.2. The van der Waals surface area contributed by atoms with Crippen molar-refractivity contribution in [2.24, 2.45) is 4.99 Å². The molecular weight excluding hydrogens is 481 g/mol. The Balaban J connectivity index is 1.41. The molecule has 0 bridgehead atoms. The molecule has 4 heterocycles. The number of amidine groups is 1. The van der Waals surface area contributed by atoms with Gasteiger partial charge in [0.2, 0.25) is 11.9 Å². The number of nitrogens with one attached hydrogen (secondary N) is 1. The highest BCUT2D eigenvalue weighted by Crippen LogP contribution is 2.32. The zero-order chi connectivity index (χ0) is 22.8. The van der Waals surface area contributed by atoms with E-state index >= 15 is 0 Å². The van der Waals surface area contributed by atoms with E-state index in [1.807, 2.05) is 24.3 Å². The fraction of sp³-hybridized carbons (Fsp3) is 0.273. The van der Waals surface area contributed by atoms with Crippen molar-refractivity contribution in [3.8, 4) is 0 Å². The Morgan fingerprint density at radius 2 is 1.88 bits per heavy atom. The molecule has 0 aliphatic carbocycles. The zero-order valence-electron chi connectivity index (χ0n) is 17.8. The fourth-order valence-corrected chi connectivity index (χ4v) is 4.61. The first-order chi connectivity index (χ1) is 16.0. The van der Waals surface area contributed by atoms with Gasteiger partial charge in [0.1, 0.15) is 11.6 Å². The minimum absolute atomic E-state index is 0.442. The fourth-order valence-electron chi connectivity index (χ4n) is 3.47. The maximum absolute atomic E-state index is 6.19. The van der Waals surface area contributed by atoms with Crippen molar-refractivity contribution in [2.45, 2.75) is 10.1 Å². The summed E-state index contributed by atoms with van der Waals surface area (Å²) in [6.45, 7) is 4.13. The smallest absolute Gasteiger partial charge is 0.234 e. The van der Waals surface area contributed by atoms with Crippen LogP contribution < -0.4 is 10.2 Å². The molecule has 0 spiro atoms. The lowest BCUT2D eigenvalue weighted by Gasteiger charge is -2.32. The molecule has 5 rings (SSSR count). The topological polar surface area (TPSA) is 82.7 Å². The Morgan fingerprint density at radius 1 is 1.03 bits per heavy atom. The van der Waals surface area contributed by atoms with Crippen LogP contribution in [0.2, 0.25) is 10.0 Å². The molecule has 2 aliphatic heterocycles. The van der Waals surface area contributed by atoms with Crippen LogP contribution in [0.25, 0.3) is 5.57 Å². The van der Waals surface area contributed by atoms with Crippen molar-refractivity contribution in [1.82, 2.24) is 19.9 Å². The van der Waals surface area contributed by atoms with Crippen LogP contribution in [0.4, 0.5) is 11.9 Å². The van der Waals surface area contributed by atoms with Gasteiger partial charge in [-0.1, -0.05) is 23.2 Å². The molecule has 2 aromatic heterocycles. The first-order valence-corrected chi connectivity index (χ1v) is 12.0. The van der Waals surface area contributed by atoms with E-state index in [-0.39, 0.29) is 0 Å². The number of hydrogen-bond donors (Lipinski definition) is 1. The predicted octanol–water partition coefficient (Wildman–Crippen LogP) is 4.58. The van der Waals surface area contributed by atoms with Crippen LogP contribution in [-0.2, 0) is 0 Å². The Morgan fingerprint density at radius 3 is 2.64 bits per heavy atom. The molecule has 0 unspecified atom stereocenters. The highest BCUT2D eigenvalue weighted by molar-refractivity contribution is 7.99. The third kappa shape index (κ3) is 5.33. The molecule has 1 saturated heterocycles. The van der Waals surface area contributed by atoms with Crippen molar-refractivity contribution in [3.63, 3.8) is 0 Å². The molecule has 0 saturated carbocycles. The van der Waals surface area contributed by atoms with Crippen LogP contribution >= 0.6 is 35.0 Å². The largest absolute Gasteiger partial charge is 0.465 e. The molecule has 0 atom stereocenters. The Labute approximate surface area is 205 Å². The third-order valence-corrected chi connectivity index (χ3v) is 6.89. The summed E-state index contributed by atoms with van der Waals surface area (Å²) in [5.74, 6) is 2.57. The average molecular weight is 502 g/mol. The van der Waals surface area contributed by atoms with Gasteiger partial charge in [0, 0.05) is 36.6 Å². The predicted molar refractivity (Wildman–Crippen MR) is 133 cm³/mol. The second-order valence-corrected chi connectivity index (χ2v) is 9.54. The number of piperazine rings is 1. The van der Waals surface area contributed by atoms with Crippen LogP contribution in [0.1, 0.15) is 5.76 Å². The van der Waals surface area contributed by atoms with Crippen molar-refractivity contribution >= 4 is 58.3 Å². The second kappa shape index (κ2) is 9.72. The minimum atomic E-state index is 0.442. The van der Waals surface area contributed by atoms with Crippen LogP contribution in [0, 0.1) is 0 Å². The van der Waals surface area contributed by atoms with Crippen molar-refractivity contribution in [3.05, 3.63) is 58.5 Å². The molecule has 0 amide bonds. The number of halogens is 2. The third-order valence-electron chi connectivity index (χ3n) is 5.30. The van der Waals surface area contributed by atoms with Gasteiger partial charge in [-0.2, -0.15) is 15.0 Å². The van der Waals surface area contributed by atoms with E-state index < -0.39 is 0 Å². The number of furan rings is 1. The summed E-state index contributed by atoms with van der Waals surface area (Å²) in [7, 11) is 2.12. The summed E-state index contributed by atoms with van der Waals surface area (Å²) in [5.41, 5.74) is 1.00. The highest BCUT2D eigenvalue weighted by atomic mass is 35.5. The molecular formula is C22H21Cl2N7OS. The maximum atomic E-state index is 6.19. The summed E-state index contributed by atoms with van der Waals surface area (Å²) in [6.07, 6.45) is 3.60. The maximum Gasteiger partial charge on any atom is 0.234 e. The normalized spacial score (nSPS) is 16.6. The first-order valence-electron chi connectivity index (χ1n) is 10.4. The van der Waals surface area contributed by atoms with E-state index in [1.165, 1.54) is 11.8 Å². The van der Waals surface area contributed by atoms with E-state index in [2.05, 4.69) is 37.1 Å². The van der Waals surface area contributed by atoms with Crippen molar-refractivity contribution < 1.29 is 4.42 Å². The molecule has 0 radical (unpaired) electrons. The lowest BCUT2D eigenvalue weighted by Crippen LogP contribution is -2.45. The minimum Gasteiger partial charge on any atom is -0.465 e. The van der Waals surface area contributed by atoms with Gasteiger partial charge in [-0.3, -0.25) is 4.99 Å². The summed E-state index contributed by atoms with van der Waals surface area (Å²) in [5, 5.41) is 4.80. The number of aliphatic imine (C=N–C) groups is 1. The number of hydrogen-bond acceptors (Lipinski definition) is 9. The van der Waals surface area contributed by atoms with E-state index in [0.29, 0.717) is 39.5 Å². The molecule has 2 aliphatic rings. The number of rotatable bonds is 5. The average Bonchev–Trinajstić information content (AvgIpc) is 3.49. The van der Waals surface area contributed by atoms with Gasteiger partial charge in [-0.25, -0.2) is 0 Å². The first kappa shape index (κ1) is 22.2. The van der Waals surface area contributed by atoms with Crippen LogP contribution in [-0.4, -0.2) is 65.5 Å². The van der Waals surface area contributed by atoms with Gasteiger partial charge >= 0.3 is 0 Å². The number of likely N-dealkylation sites (N-methyl/N-ethyl adjacent to an activating group) is 1. The SMILES string of the molecule is CN1CCN(c2nc(NC3=NCC(c4ccco4)=C3)nc(Sc3ccc(Cl)c(Cl)c3)n2)CC1. The quantitative estimate of drug-likeness (QED) is 0.543. The Kier molecular flexibility index (Phi) is 6.55. The summed E-state index contributed by atoms with van der Waals surface area (Å²) in [4.78, 5) is 23.9. The van der Waals surface area contributed by atoms with Gasteiger partial charge in [0.25, 0.3) is 0 Å². The van der Waals surface area contributed by atoms with Gasteiger partial charge < -0.3 is 19.5 Å². The molecule has 3 aromatic rings. The molecule has 1 N–H and O–H groups in total. The van der Waals surface area contributed by atoms with Gasteiger partial charge in [0.05, 0.1) is 22.9 Å². The summed E-state index contributed by atoms with van der Waals surface area (Å²) >= 11 is 13.7. The number of nitrogens with zero attached hydrogens (tertiary/aromatic N) is 6.